The van der Waals surface area contributed by atoms with Crippen LogP contribution in [0.4, 0.5) is 0 Å². The molecule has 1 saturated heterocycles. The molecule has 1 fully saturated rings. The minimum absolute atomic E-state index is 0.409. The minimum Gasteiger partial charge on any atom is -0.302 e. The number of aromatic nitrogens is 5. The number of nitrogens with zero attached hydrogens (tertiary/aromatic N) is 6. The van der Waals surface area contributed by atoms with Crippen molar-refractivity contribution in [2.75, 3.05) is 13.1 Å². The largest absolute Gasteiger partial charge is 0.302 e. The maximum Gasteiger partial charge on any atom is 0.191 e. The molecule has 4 aromatic rings. The Morgan fingerprint density at radius 3 is 2.62 bits per heavy atom. The summed E-state index contributed by atoms with van der Waals surface area (Å²) in [5.41, 5.74) is 4.35. The summed E-state index contributed by atoms with van der Waals surface area (Å²) in [6, 6.07) is 14.3. The Balaban J connectivity index is 1.22. The predicted molar refractivity (Wildman–Crippen MR) is 138 cm³/mol. The number of hydrogen-bond donors (Lipinski definition) is 0. The summed E-state index contributed by atoms with van der Waals surface area (Å²) in [6.45, 7) is 7.68. The first-order valence-electron chi connectivity index (χ1n) is 11.5. The van der Waals surface area contributed by atoms with Crippen LogP contribution in [0.5, 0.6) is 0 Å². The van der Waals surface area contributed by atoms with Gasteiger partial charge in [0.15, 0.2) is 5.16 Å². The molecule has 0 radical (unpaired) electrons. The van der Waals surface area contributed by atoms with Gasteiger partial charge in [0.05, 0.1) is 11.0 Å². The molecule has 34 heavy (non-hydrogen) atoms. The maximum absolute atomic E-state index is 6.14. The van der Waals surface area contributed by atoms with Crippen LogP contribution in [0.15, 0.2) is 72.7 Å². The number of rotatable bonds is 8. The van der Waals surface area contributed by atoms with Crippen molar-refractivity contribution in [1.82, 2.24) is 29.6 Å². The number of thioether (sulfide) groups is 1. The molecule has 2 aromatic carbocycles. The number of halogens is 1. The highest BCUT2D eigenvalue weighted by molar-refractivity contribution is 7.98. The molecule has 174 valence electrons. The van der Waals surface area contributed by atoms with Crippen LogP contribution in [-0.2, 0) is 18.8 Å². The van der Waals surface area contributed by atoms with E-state index in [1.165, 1.54) is 11.1 Å². The first kappa shape index (κ1) is 23.0. The third-order valence-corrected chi connectivity index (χ3v) is 7.48. The van der Waals surface area contributed by atoms with Crippen molar-refractivity contribution in [1.29, 1.82) is 0 Å². The van der Waals surface area contributed by atoms with Crippen molar-refractivity contribution < 1.29 is 0 Å². The van der Waals surface area contributed by atoms with Crippen molar-refractivity contribution >= 4 is 34.4 Å². The van der Waals surface area contributed by atoms with E-state index in [4.69, 9.17) is 11.6 Å². The van der Waals surface area contributed by atoms with Crippen molar-refractivity contribution in [3.63, 3.8) is 0 Å². The lowest BCUT2D eigenvalue weighted by Gasteiger charge is -2.31. The zero-order valence-corrected chi connectivity index (χ0v) is 20.5. The monoisotopic (exact) mass is 490 g/mol. The summed E-state index contributed by atoms with van der Waals surface area (Å²) >= 11 is 7.83. The lowest BCUT2D eigenvalue weighted by Crippen LogP contribution is -2.33. The predicted octanol–water partition coefficient (Wildman–Crippen LogP) is 5.73. The number of allylic oxidation sites excluding steroid dienone is 1. The van der Waals surface area contributed by atoms with Crippen LogP contribution in [0.1, 0.15) is 35.7 Å². The average Bonchev–Trinajstić information content (AvgIpc) is 3.26. The van der Waals surface area contributed by atoms with Crippen molar-refractivity contribution in [2.45, 2.75) is 42.8 Å². The third-order valence-electron chi connectivity index (χ3n) is 6.21. The molecule has 0 bridgehead atoms. The second-order valence-electron chi connectivity index (χ2n) is 8.59. The van der Waals surface area contributed by atoms with Crippen molar-refractivity contribution in [2.24, 2.45) is 0 Å². The summed E-state index contributed by atoms with van der Waals surface area (Å²) in [5, 5.41) is 10.8. The number of benzene rings is 2. The standard InChI is InChI=1S/C26H27ClN6S/c1-2-12-33-25(30-31-26(33)34-18-20-4-3-5-22(27)15-20)21-8-13-32(14-9-21)17-19-6-7-23-24(16-19)29-11-10-28-23/h2-7,10-11,15-16,21H,1,8-9,12-14,17-18H2. The highest BCUT2D eigenvalue weighted by Crippen LogP contribution is 2.31. The van der Waals surface area contributed by atoms with Crippen molar-refractivity contribution in [3.05, 3.63) is 89.5 Å². The molecule has 1 aliphatic rings. The van der Waals surface area contributed by atoms with Crippen LogP contribution in [0, 0.1) is 0 Å². The van der Waals surface area contributed by atoms with E-state index in [1.807, 2.05) is 24.3 Å². The van der Waals surface area contributed by atoms with Gasteiger partial charge in [-0.25, -0.2) is 0 Å². The molecule has 1 aliphatic heterocycles. The van der Waals surface area contributed by atoms with Crippen LogP contribution < -0.4 is 0 Å². The number of hydrogen-bond acceptors (Lipinski definition) is 6. The van der Waals surface area contributed by atoms with E-state index in [0.717, 1.165) is 71.8 Å². The molecule has 0 atom stereocenters. The van der Waals surface area contributed by atoms with Gasteiger partial charge < -0.3 is 4.57 Å². The summed E-state index contributed by atoms with van der Waals surface area (Å²) < 4.78 is 2.23. The van der Waals surface area contributed by atoms with Gasteiger partial charge >= 0.3 is 0 Å². The van der Waals surface area contributed by atoms with E-state index in [1.54, 1.807) is 24.2 Å². The smallest absolute Gasteiger partial charge is 0.191 e. The highest BCUT2D eigenvalue weighted by atomic mass is 35.5. The molecular formula is C26H27ClN6S. The molecule has 0 unspecified atom stereocenters. The Morgan fingerprint density at radius 2 is 1.82 bits per heavy atom. The minimum atomic E-state index is 0.409. The van der Waals surface area contributed by atoms with Crippen LogP contribution in [0.3, 0.4) is 0 Å². The SMILES string of the molecule is C=CCn1c(SCc2cccc(Cl)c2)nnc1C1CCN(Cc2ccc3nccnc3c2)CC1. The second kappa shape index (κ2) is 10.7. The zero-order valence-electron chi connectivity index (χ0n) is 19.0. The number of fused-ring (bicyclic) bond motifs is 1. The first-order chi connectivity index (χ1) is 16.7. The Morgan fingerprint density at radius 1 is 1.00 bits per heavy atom. The quantitative estimate of drug-likeness (QED) is 0.232. The van der Waals surface area contributed by atoms with E-state index in [9.17, 15) is 0 Å². The summed E-state index contributed by atoms with van der Waals surface area (Å²) in [4.78, 5) is 11.3. The molecular weight excluding hydrogens is 464 g/mol. The highest BCUT2D eigenvalue weighted by Gasteiger charge is 2.26. The Bertz CT molecular complexity index is 1280. The van der Waals surface area contributed by atoms with Crippen LogP contribution in [0.25, 0.3) is 11.0 Å². The summed E-state index contributed by atoms with van der Waals surface area (Å²) in [5.74, 6) is 2.30. The lowest BCUT2D eigenvalue weighted by atomic mass is 9.95. The van der Waals surface area contributed by atoms with Gasteiger partial charge in [0, 0.05) is 42.2 Å². The molecule has 5 rings (SSSR count). The zero-order chi connectivity index (χ0) is 23.3. The molecule has 0 amide bonds. The fourth-order valence-corrected chi connectivity index (χ4v) is 5.61. The van der Waals surface area contributed by atoms with Gasteiger partial charge in [-0.2, -0.15) is 0 Å². The topological polar surface area (TPSA) is 59.7 Å². The molecule has 6 nitrogen and oxygen atoms in total. The summed E-state index contributed by atoms with van der Waals surface area (Å²) in [7, 11) is 0. The fourth-order valence-electron chi connectivity index (χ4n) is 4.50. The van der Waals surface area contributed by atoms with Gasteiger partial charge in [-0.15, -0.1) is 16.8 Å². The normalized spacial score (nSPS) is 15.1. The van der Waals surface area contributed by atoms with Gasteiger partial charge in [0.2, 0.25) is 0 Å². The van der Waals surface area contributed by atoms with E-state index >= 15 is 0 Å². The Kier molecular flexibility index (Phi) is 7.23. The van der Waals surface area contributed by atoms with Gasteiger partial charge in [-0.3, -0.25) is 14.9 Å². The first-order valence-corrected chi connectivity index (χ1v) is 12.9. The van der Waals surface area contributed by atoms with Crippen LogP contribution in [0.2, 0.25) is 5.02 Å². The van der Waals surface area contributed by atoms with E-state index in [-0.39, 0.29) is 0 Å². The van der Waals surface area contributed by atoms with Crippen LogP contribution in [-0.4, -0.2) is 42.7 Å². The van der Waals surface area contributed by atoms with Crippen LogP contribution >= 0.6 is 23.4 Å². The van der Waals surface area contributed by atoms with E-state index < -0.39 is 0 Å². The van der Waals surface area contributed by atoms with Gasteiger partial charge in [-0.05, 0) is 61.3 Å². The molecule has 0 N–H and O–H groups in total. The maximum atomic E-state index is 6.14. The van der Waals surface area contributed by atoms with Crippen molar-refractivity contribution in [3.8, 4) is 0 Å². The molecule has 2 aromatic heterocycles. The van der Waals surface area contributed by atoms with Gasteiger partial charge in [0.1, 0.15) is 5.82 Å². The molecule has 0 spiro atoms. The third kappa shape index (κ3) is 5.32. The lowest BCUT2D eigenvalue weighted by molar-refractivity contribution is 0.200. The van der Waals surface area contributed by atoms with E-state index in [0.29, 0.717) is 5.92 Å². The summed E-state index contributed by atoms with van der Waals surface area (Å²) in [6.07, 6.45) is 7.55. The second-order valence-corrected chi connectivity index (χ2v) is 9.97. The molecule has 3 heterocycles. The molecule has 8 heteroatoms. The fraction of sp³-hybridized carbons (Fsp3) is 0.308. The molecule has 0 saturated carbocycles. The van der Waals surface area contributed by atoms with E-state index in [2.05, 4.69) is 60.5 Å². The van der Waals surface area contributed by atoms with Gasteiger partial charge in [-0.1, -0.05) is 47.6 Å². The van der Waals surface area contributed by atoms with Gasteiger partial charge in [0.25, 0.3) is 0 Å². The number of piperidine rings is 1. The molecule has 0 aliphatic carbocycles. The number of likely N-dealkylation sites (tertiary alicyclic amines) is 1. The Hall–Kier alpha value is -2.74. The average molecular weight is 491 g/mol. The Labute approximate surface area is 209 Å².